The molecule has 10 heteroatoms. The third kappa shape index (κ3) is 5.65. The predicted molar refractivity (Wildman–Crippen MR) is 116 cm³/mol. The number of amides is 2. The Morgan fingerprint density at radius 2 is 2.07 bits per heavy atom. The number of aromatic nitrogens is 2. The van der Waals surface area contributed by atoms with Crippen molar-refractivity contribution in [3.8, 4) is 5.69 Å². The Morgan fingerprint density at radius 3 is 2.73 bits per heavy atom. The van der Waals surface area contributed by atoms with Crippen molar-refractivity contribution in [3.05, 3.63) is 63.6 Å². The lowest BCUT2D eigenvalue weighted by atomic mass is 10.2. The van der Waals surface area contributed by atoms with Crippen molar-refractivity contribution in [2.75, 3.05) is 26.0 Å². The van der Waals surface area contributed by atoms with E-state index in [9.17, 15) is 14.0 Å². The van der Waals surface area contributed by atoms with Gasteiger partial charge >= 0.3 is 0 Å². The van der Waals surface area contributed by atoms with Crippen LogP contribution in [0.25, 0.3) is 5.69 Å². The van der Waals surface area contributed by atoms with Gasteiger partial charge in [0.25, 0.3) is 5.91 Å². The second kappa shape index (κ2) is 9.84. The zero-order chi connectivity index (χ0) is 21.7. The molecule has 3 rings (SSSR count). The molecule has 0 aliphatic rings. The monoisotopic (exact) mass is 449 g/mol. The summed E-state index contributed by atoms with van der Waals surface area (Å²) in [5.74, 6) is -0.479. The van der Waals surface area contributed by atoms with Gasteiger partial charge in [-0.3, -0.25) is 9.59 Å². The first kappa shape index (κ1) is 21.9. The van der Waals surface area contributed by atoms with Gasteiger partial charge in [0.15, 0.2) is 0 Å². The molecule has 0 fully saturated rings. The average Bonchev–Trinajstić information content (AvgIpc) is 3.32. The van der Waals surface area contributed by atoms with Crippen molar-refractivity contribution in [2.45, 2.75) is 13.0 Å². The second-order valence-electron chi connectivity index (χ2n) is 6.77. The molecule has 2 heterocycles. The number of thiophene rings is 1. The van der Waals surface area contributed by atoms with Crippen LogP contribution in [0.1, 0.15) is 21.9 Å². The summed E-state index contributed by atoms with van der Waals surface area (Å²) in [7, 11) is 3.85. The number of anilines is 1. The van der Waals surface area contributed by atoms with Crippen molar-refractivity contribution in [1.82, 2.24) is 19.8 Å². The molecule has 7 nitrogen and oxygen atoms in total. The van der Waals surface area contributed by atoms with Gasteiger partial charge in [0.2, 0.25) is 5.91 Å². The Bertz CT molecular complexity index is 1050. The molecule has 30 heavy (non-hydrogen) atoms. The van der Waals surface area contributed by atoms with Gasteiger partial charge in [-0.1, -0.05) is 11.6 Å². The number of hydrogen-bond acceptors (Lipinski definition) is 5. The van der Waals surface area contributed by atoms with E-state index in [1.165, 1.54) is 12.1 Å². The van der Waals surface area contributed by atoms with E-state index in [2.05, 4.69) is 15.6 Å². The minimum absolute atomic E-state index is 0.0144. The van der Waals surface area contributed by atoms with Crippen molar-refractivity contribution in [2.24, 2.45) is 0 Å². The minimum atomic E-state index is -0.553. The van der Waals surface area contributed by atoms with Crippen LogP contribution >= 0.6 is 22.9 Å². The Morgan fingerprint density at radius 1 is 1.27 bits per heavy atom. The summed E-state index contributed by atoms with van der Waals surface area (Å²) in [5.41, 5.74) is 0.691. The van der Waals surface area contributed by atoms with E-state index in [4.69, 9.17) is 11.6 Å². The Hall–Kier alpha value is -2.75. The summed E-state index contributed by atoms with van der Waals surface area (Å²) >= 11 is 6.96. The third-order valence-electron chi connectivity index (χ3n) is 4.11. The van der Waals surface area contributed by atoms with Crippen LogP contribution in [-0.4, -0.2) is 46.9 Å². The van der Waals surface area contributed by atoms with Crippen molar-refractivity contribution in [1.29, 1.82) is 0 Å². The summed E-state index contributed by atoms with van der Waals surface area (Å²) in [6, 6.07) is 7.81. The summed E-state index contributed by atoms with van der Waals surface area (Å²) < 4.78 is 16.8. The first-order chi connectivity index (χ1) is 14.3. The lowest BCUT2D eigenvalue weighted by molar-refractivity contribution is -0.116. The molecular formula is C20H21ClFN5O2S. The molecule has 2 amide bonds. The number of carbonyl (C=O) groups is 2. The van der Waals surface area contributed by atoms with Gasteiger partial charge in [0, 0.05) is 37.1 Å². The molecule has 1 aromatic carbocycles. The van der Waals surface area contributed by atoms with E-state index >= 15 is 0 Å². The van der Waals surface area contributed by atoms with E-state index in [1.54, 1.807) is 35.2 Å². The number of hydrogen-bond donors (Lipinski definition) is 2. The van der Waals surface area contributed by atoms with E-state index in [-0.39, 0.29) is 24.6 Å². The summed E-state index contributed by atoms with van der Waals surface area (Å²) in [6.45, 7) is 0.735. The van der Waals surface area contributed by atoms with Crippen LogP contribution in [-0.2, 0) is 11.3 Å². The maximum Gasteiger partial charge on any atom is 0.261 e. The van der Waals surface area contributed by atoms with Crippen molar-refractivity contribution < 1.29 is 14.0 Å². The van der Waals surface area contributed by atoms with Crippen LogP contribution in [0.5, 0.6) is 0 Å². The number of nitrogens with zero attached hydrogens (tertiary/aromatic N) is 3. The van der Waals surface area contributed by atoms with Gasteiger partial charge in [0.1, 0.15) is 11.6 Å². The molecular weight excluding hydrogens is 429 g/mol. The molecule has 3 aromatic rings. The molecule has 0 aliphatic carbocycles. The fraction of sp³-hybridized carbons (Fsp3) is 0.250. The van der Waals surface area contributed by atoms with Crippen LogP contribution in [0.4, 0.5) is 10.1 Å². The SMILES string of the molecule is CN(C)Cc1nccn1-c1ccc(NC(=O)CCNC(=O)c2ccc(Cl)s2)c(F)c1. The summed E-state index contributed by atoms with van der Waals surface area (Å²) in [6.07, 6.45) is 3.43. The maximum atomic E-state index is 14.5. The van der Waals surface area contributed by atoms with E-state index in [1.807, 2.05) is 19.0 Å². The molecule has 0 saturated heterocycles. The first-order valence-electron chi connectivity index (χ1n) is 9.14. The molecule has 0 atom stereocenters. The number of imidazole rings is 1. The minimum Gasteiger partial charge on any atom is -0.351 e. The summed E-state index contributed by atoms with van der Waals surface area (Å²) in [5, 5.41) is 5.17. The molecule has 0 bridgehead atoms. The highest BCUT2D eigenvalue weighted by Gasteiger charge is 2.12. The smallest absolute Gasteiger partial charge is 0.261 e. The molecule has 0 unspecified atom stereocenters. The molecule has 0 radical (unpaired) electrons. The number of carbonyl (C=O) groups excluding carboxylic acids is 2. The second-order valence-corrected chi connectivity index (χ2v) is 8.49. The number of rotatable bonds is 8. The molecule has 2 N–H and O–H groups in total. The number of benzene rings is 1. The fourth-order valence-corrected chi connectivity index (χ4v) is 3.71. The Labute approximate surface area is 182 Å². The number of halogens is 2. The maximum absolute atomic E-state index is 14.5. The summed E-state index contributed by atoms with van der Waals surface area (Å²) in [4.78, 5) is 30.8. The topological polar surface area (TPSA) is 79.3 Å². The molecule has 0 aliphatic heterocycles. The zero-order valence-electron chi connectivity index (χ0n) is 16.5. The fourth-order valence-electron chi connectivity index (χ4n) is 2.75. The van der Waals surface area contributed by atoms with Crippen molar-refractivity contribution in [3.63, 3.8) is 0 Å². The van der Waals surface area contributed by atoms with Gasteiger partial charge in [-0.05, 0) is 38.4 Å². The lowest BCUT2D eigenvalue weighted by Gasteiger charge is -2.13. The van der Waals surface area contributed by atoms with Crippen LogP contribution in [0, 0.1) is 5.82 Å². The quantitative estimate of drug-likeness (QED) is 0.551. The van der Waals surface area contributed by atoms with Crippen molar-refractivity contribution >= 4 is 40.4 Å². The standard InChI is InChI=1S/C20H21ClFN5O2S/c1-26(2)12-18-23-9-10-27(18)13-3-4-15(14(22)11-13)25-19(28)7-8-24-20(29)16-5-6-17(21)30-16/h3-6,9-11H,7-8,12H2,1-2H3,(H,24,29)(H,25,28). The van der Waals surface area contributed by atoms with Crippen LogP contribution in [0.3, 0.4) is 0 Å². The highest BCUT2D eigenvalue weighted by molar-refractivity contribution is 7.17. The van der Waals surface area contributed by atoms with E-state index < -0.39 is 11.7 Å². The van der Waals surface area contributed by atoms with Gasteiger partial charge < -0.3 is 20.1 Å². The largest absolute Gasteiger partial charge is 0.351 e. The van der Waals surface area contributed by atoms with Crippen LogP contribution in [0.15, 0.2) is 42.7 Å². The highest BCUT2D eigenvalue weighted by atomic mass is 35.5. The average molecular weight is 450 g/mol. The molecule has 0 saturated carbocycles. The van der Waals surface area contributed by atoms with E-state index in [0.717, 1.165) is 17.2 Å². The normalized spacial score (nSPS) is 11.0. The molecule has 2 aromatic heterocycles. The first-order valence-corrected chi connectivity index (χ1v) is 10.3. The molecule has 0 spiro atoms. The lowest BCUT2D eigenvalue weighted by Crippen LogP contribution is -2.27. The van der Waals surface area contributed by atoms with Gasteiger partial charge in [0.05, 0.1) is 21.4 Å². The Kier molecular flexibility index (Phi) is 7.20. The number of nitrogens with one attached hydrogen (secondary N) is 2. The third-order valence-corrected chi connectivity index (χ3v) is 5.34. The van der Waals surface area contributed by atoms with Crippen LogP contribution < -0.4 is 10.6 Å². The highest BCUT2D eigenvalue weighted by Crippen LogP contribution is 2.21. The van der Waals surface area contributed by atoms with Gasteiger partial charge in [-0.15, -0.1) is 11.3 Å². The predicted octanol–water partition coefficient (Wildman–Crippen LogP) is 3.55. The molecule has 158 valence electrons. The zero-order valence-corrected chi connectivity index (χ0v) is 18.1. The van der Waals surface area contributed by atoms with Gasteiger partial charge in [-0.25, -0.2) is 9.37 Å². The van der Waals surface area contributed by atoms with Crippen LogP contribution in [0.2, 0.25) is 4.34 Å². The Balaban J connectivity index is 1.56. The van der Waals surface area contributed by atoms with Gasteiger partial charge in [-0.2, -0.15) is 0 Å². The van der Waals surface area contributed by atoms with E-state index in [0.29, 0.717) is 21.4 Å².